The van der Waals surface area contributed by atoms with Gasteiger partial charge in [0.25, 0.3) is 5.91 Å². The van der Waals surface area contributed by atoms with Gasteiger partial charge in [-0.25, -0.2) is 4.79 Å². The summed E-state index contributed by atoms with van der Waals surface area (Å²) in [4.78, 5) is 35.8. The smallest absolute Gasteiger partial charge is 0.371 e. The Morgan fingerprint density at radius 2 is 1.81 bits per heavy atom. The van der Waals surface area contributed by atoms with Crippen LogP contribution in [-0.2, 0) is 0 Å². The first kappa shape index (κ1) is 18.4. The van der Waals surface area contributed by atoms with Crippen LogP contribution in [0.1, 0.15) is 20.9 Å². The summed E-state index contributed by atoms with van der Waals surface area (Å²) in [6.07, 6.45) is 0. The zero-order valence-corrected chi connectivity index (χ0v) is 15.8. The summed E-state index contributed by atoms with van der Waals surface area (Å²) in [7, 11) is 0. The Morgan fingerprint density at radius 1 is 1.08 bits per heavy atom. The van der Waals surface area contributed by atoms with Gasteiger partial charge in [0.05, 0.1) is 21.1 Å². The summed E-state index contributed by atoms with van der Waals surface area (Å²) in [6.45, 7) is 0. The summed E-state index contributed by atoms with van der Waals surface area (Å²) in [6, 6.07) is 8.18. The maximum absolute atomic E-state index is 12.5. The van der Waals surface area contributed by atoms with Crippen LogP contribution < -0.4 is 10.7 Å². The van der Waals surface area contributed by atoms with Crippen molar-refractivity contribution in [3.8, 4) is 0 Å². The highest BCUT2D eigenvalue weighted by molar-refractivity contribution is 9.10. The van der Waals surface area contributed by atoms with Gasteiger partial charge in [0.1, 0.15) is 0 Å². The number of hydrogen-bond acceptors (Lipinski definition) is 4. The maximum Gasteiger partial charge on any atom is 0.371 e. The first-order valence-corrected chi connectivity index (χ1v) is 8.58. The van der Waals surface area contributed by atoms with E-state index in [4.69, 9.17) is 32.7 Å². The average Bonchev–Trinajstić information content (AvgIpc) is 2.57. The third-order valence-electron chi connectivity index (χ3n) is 3.43. The van der Waals surface area contributed by atoms with Crippen LogP contribution in [0.2, 0.25) is 10.0 Å². The summed E-state index contributed by atoms with van der Waals surface area (Å²) in [5.74, 6) is -2.46. The Kier molecular flexibility index (Phi) is 5.04. The fourth-order valence-corrected chi connectivity index (χ4v) is 3.01. The molecule has 0 aliphatic carbocycles. The van der Waals surface area contributed by atoms with Crippen molar-refractivity contribution in [3.63, 3.8) is 0 Å². The predicted octanol–water partition coefficient (Wildman–Crippen LogP) is 4.81. The average molecular weight is 457 g/mol. The van der Waals surface area contributed by atoms with Gasteiger partial charge in [-0.1, -0.05) is 39.1 Å². The standard InChI is InChI=1S/C17H8BrCl2NO5/c18-8-4-9-13(22)6-14(17(24)25)26-15(9)12(5-8)21-16(23)7-1-2-10(19)11(20)3-7/h1-6H,(H,21,23)(H,24,25). The minimum absolute atomic E-state index is 0.0495. The third kappa shape index (κ3) is 3.60. The fourth-order valence-electron chi connectivity index (χ4n) is 2.25. The number of amides is 1. The third-order valence-corrected chi connectivity index (χ3v) is 4.63. The maximum atomic E-state index is 12.5. The lowest BCUT2D eigenvalue weighted by atomic mass is 10.1. The molecule has 0 aliphatic heterocycles. The summed E-state index contributed by atoms with van der Waals surface area (Å²) < 4.78 is 5.79. The first-order chi connectivity index (χ1) is 12.3. The molecule has 1 amide bonds. The molecule has 3 rings (SSSR count). The fraction of sp³-hybridized carbons (Fsp3) is 0. The van der Waals surface area contributed by atoms with Crippen molar-refractivity contribution in [1.29, 1.82) is 0 Å². The van der Waals surface area contributed by atoms with Crippen molar-refractivity contribution >= 4 is 67.7 Å². The van der Waals surface area contributed by atoms with Gasteiger partial charge in [0.2, 0.25) is 5.76 Å². The van der Waals surface area contributed by atoms with Crippen molar-refractivity contribution in [2.24, 2.45) is 0 Å². The van der Waals surface area contributed by atoms with Gasteiger partial charge in [-0.2, -0.15) is 0 Å². The molecule has 132 valence electrons. The Balaban J connectivity index is 2.11. The van der Waals surface area contributed by atoms with E-state index in [-0.39, 0.29) is 27.2 Å². The second-order valence-electron chi connectivity index (χ2n) is 5.19. The Morgan fingerprint density at radius 3 is 2.46 bits per heavy atom. The molecule has 0 saturated heterocycles. The lowest BCUT2D eigenvalue weighted by Gasteiger charge is -2.10. The van der Waals surface area contributed by atoms with Crippen LogP contribution in [0.5, 0.6) is 0 Å². The number of rotatable bonds is 3. The van der Waals surface area contributed by atoms with E-state index >= 15 is 0 Å². The number of halogens is 3. The molecule has 26 heavy (non-hydrogen) atoms. The SMILES string of the molecule is O=C(Nc1cc(Br)cc2c(=O)cc(C(=O)O)oc12)c1ccc(Cl)c(Cl)c1. The zero-order valence-electron chi connectivity index (χ0n) is 12.7. The van der Waals surface area contributed by atoms with Crippen LogP contribution in [0.3, 0.4) is 0 Å². The minimum atomic E-state index is -1.39. The van der Waals surface area contributed by atoms with Gasteiger partial charge in [-0.05, 0) is 30.3 Å². The lowest BCUT2D eigenvalue weighted by Crippen LogP contribution is -2.14. The molecule has 0 saturated carbocycles. The second kappa shape index (κ2) is 7.11. The Hall–Kier alpha value is -2.35. The lowest BCUT2D eigenvalue weighted by molar-refractivity contribution is 0.0663. The molecule has 1 aromatic heterocycles. The van der Waals surface area contributed by atoms with Crippen LogP contribution in [0.15, 0.2) is 50.1 Å². The second-order valence-corrected chi connectivity index (χ2v) is 6.92. The summed E-state index contributed by atoms with van der Waals surface area (Å²) in [5, 5.41) is 12.3. The summed E-state index contributed by atoms with van der Waals surface area (Å²) in [5.41, 5.74) is -0.239. The van der Waals surface area contributed by atoms with E-state index in [9.17, 15) is 14.4 Å². The van der Waals surface area contributed by atoms with E-state index in [0.717, 1.165) is 6.07 Å². The van der Waals surface area contributed by atoms with Crippen molar-refractivity contribution in [1.82, 2.24) is 0 Å². The van der Waals surface area contributed by atoms with Gasteiger partial charge in [-0.15, -0.1) is 0 Å². The largest absolute Gasteiger partial charge is 0.475 e. The van der Waals surface area contributed by atoms with Crippen molar-refractivity contribution < 1.29 is 19.1 Å². The molecular formula is C17H8BrCl2NO5. The molecular weight excluding hydrogens is 449 g/mol. The number of fused-ring (bicyclic) bond motifs is 1. The first-order valence-electron chi connectivity index (χ1n) is 7.03. The van der Waals surface area contributed by atoms with Gasteiger partial charge in [0.15, 0.2) is 11.0 Å². The number of nitrogens with one attached hydrogen (secondary N) is 1. The minimum Gasteiger partial charge on any atom is -0.475 e. The molecule has 9 heteroatoms. The van der Waals surface area contributed by atoms with E-state index in [1.807, 2.05) is 0 Å². The number of anilines is 1. The number of benzene rings is 2. The Labute approximate surface area is 164 Å². The van der Waals surface area contributed by atoms with Crippen LogP contribution >= 0.6 is 39.1 Å². The highest BCUT2D eigenvalue weighted by Gasteiger charge is 2.17. The molecule has 1 heterocycles. The number of hydrogen-bond donors (Lipinski definition) is 2. The van der Waals surface area contributed by atoms with Crippen LogP contribution in [0.4, 0.5) is 5.69 Å². The molecule has 2 aromatic carbocycles. The predicted molar refractivity (Wildman–Crippen MR) is 102 cm³/mol. The number of carboxylic acid groups (broad SMARTS) is 1. The van der Waals surface area contributed by atoms with E-state index in [0.29, 0.717) is 9.50 Å². The van der Waals surface area contributed by atoms with Crippen LogP contribution in [0.25, 0.3) is 11.0 Å². The molecule has 3 aromatic rings. The van der Waals surface area contributed by atoms with Gasteiger partial charge in [-0.3, -0.25) is 9.59 Å². The topological polar surface area (TPSA) is 96.6 Å². The quantitative estimate of drug-likeness (QED) is 0.589. The van der Waals surface area contributed by atoms with E-state index in [2.05, 4.69) is 21.2 Å². The van der Waals surface area contributed by atoms with E-state index in [1.165, 1.54) is 30.3 Å². The number of carboxylic acids is 1. The van der Waals surface area contributed by atoms with Gasteiger partial charge >= 0.3 is 5.97 Å². The summed E-state index contributed by atoms with van der Waals surface area (Å²) >= 11 is 15.0. The van der Waals surface area contributed by atoms with Crippen LogP contribution in [-0.4, -0.2) is 17.0 Å². The zero-order chi connectivity index (χ0) is 19.0. The molecule has 0 spiro atoms. The molecule has 0 aliphatic rings. The monoisotopic (exact) mass is 455 g/mol. The Bertz CT molecular complexity index is 1130. The van der Waals surface area contributed by atoms with E-state index < -0.39 is 23.1 Å². The highest BCUT2D eigenvalue weighted by Crippen LogP contribution is 2.29. The molecule has 0 atom stereocenters. The van der Waals surface area contributed by atoms with Crippen molar-refractivity contribution in [3.05, 3.63) is 72.5 Å². The molecule has 0 fully saturated rings. The molecule has 6 nitrogen and oxygen atoms in total. The van der Waals surface area contributed by atoms with E-state index in [1.54, 1.807) is 0 Å². The highest BCUT2D eigenvalue weighted by atomic mass is 79.9. The van der Waals surface area contributed by atoms with Crippen LogP contribution in [0, 0.1) is 0 Å². The number of carbonyl (C=O) groups is 2. The molecule has 0 unspecified atom stereocenters. The molecule has 2 N–H and O–H groups in total. The van der Waals surface area contributed by atoms with Gasteiger partial charge < -0.3 is 14.8 Å². The van der Waals surface area contributed by atoms with Gasteiger partial charge in [0, 0.05) is 16.1 Å². The number of aromatic carboxylic acids is 1. The van der Waals surface area contributed by atoms with Crippen molar-refractivity contribution in [2.75, 3.05) is 5.32 Å². The number of carbonyl (C=O) groups excluding carboxylic acids is 1. The molecule has 0 bridgehead atoms. The molecule has 0 radical (unpaired) electrons. The normalized spacial score (nSPS) is 10.7. The van der Waals surface area contributed by atoms with Crippen molar-refractivity contribution in [2.45, 2.75) is 0 Å².